The van der Waals surface area contributed by atoms with E-state index in [4.69, 9.17) is 4.52 Å². The van der Waals surface area contributed by atoms with E-state index in [9.17, 15) is 4.79 Å². The minimum absolute atomic E-state index is 0.0409. The van der Waals surface area contributed by atoms with Gasteiger partial charge in [-0.25, -0.2) is 9.97 Å². The van der Waals surface area contributed by atoms with Crippen LogP contribution in [0.1, 0.15) is 32.2 Å². The second kappa shape index (κ2) is 7.48. The molecular formula is C19H23N5O2S. The van der Waals surface area contributed by atoms with Crippen LogP contribution in [0, 0.1) is 20.8 Å². The van der Waals surface area contributed by atoms with Crippen LogP contribution in [-0.2, 0) is 6.54 Å². The van der Waals surface area contributed by atoms with E-state index >= 15 is 0 Å². The normalized spacial score (nSPS) is 10.9. The molecule has 1 amide bonds. The Bertz CT molecular complexity index is 976. The van der Waals surface area contributed by atoms with Gasteiger partial charge in [0.05, 0.1) is 29.1 Å². The van der Waals surface area contributed by atoms with E-state index in [0.717, 1.165) is 27.4 Å². The number of hydrogen-bond acceptors (Lipinski definition) is 7. The lowest BCUT2D eigenvalue weighted by molar-refractivity contribution is 0.0784. The van der Waals surface area contributed by atoms with Gasteiger partial charge in [-0.1, -0.05) is 5.16 Å². The van der Waals surface area contributed by atoms with Crippen LogP contribution in [0.2, 0.25) is 0 Å². The second-order valence-corrected chi connectivity index (χ2v) is 7.87. The predicted octanol–water partition coefficient (Wildman–Crippen LogP) is 3.46. The van der Waals surface area contributed by atoms with Crippen molar-refractivity contribution in [2.75, 3.05) is 26.0 Å². The average molecular weight is 385 g/mol. The molecule has 3 rings (SSSR count). The first-order valence-corrected chi connectivity index (χ1v) is 9.43. The fourth-order valence-electron chi connectivity index (χ4n) is 2.67. The van der Waals surface area contributed by atoms with Crippen LogP contribution in [0.4, 0.5) is 5.95 Å². The molecule has 0 aliphatic heterocycles. The van der Waals surface area contributed by atoms with E-state index in [1.165, 1.54) is 0 Å². The molecule has 27 heavy (non-hydrogen) atoms. The second-order valence-electron chi connectivity index (χ2n) is 6.75. The molecule has 3 aromatic rings. The van der Waals surface area contributed by atoms with E-state index in [0.29, 0.717) is 23.8 Å². The van der Waals surface area contributed by atoms with Crippen molar-refractivity contribution in [1.82, 2.24) is 20.0 Å². The van der Waals surface area contributed by atoms with Gasteiger partial charge in [0.1, 0.15) is 0 Å². The van der Waals surface area contributed by atoms with Crippen molar-refractivity contribution < 1.29 is 9.32 Å². The maximum absolute atomic E-state index is 12.7. The molecule has 7 nitrogen and oxygen atoms in total. The Hall–Kier alpha value is -2.74. The number of carbonyl (C=O) groups excluding carboxylic acids is 1. The topological polar surface area (TPSA) is 75.4 Å². The van der Waals surface area contributed by atoms with Crippen LogP contribution in [0.3, 0.4) is 0 Å². The third-order valence-corrected chi connectivity index (χ3v) is 5.23. The van der Waals surface area contributed by atoms with E-state index in [1.54, 1.807) is 29.5 Å². The molecule has 0 N–H and O–H groups in total. The first kappa shape index (κ1) is 19.0. The van der Waals surface area contributed by atoms with Crippen molar-refractivity contribution in [2.24, 2.45) is 0 Å². The van der Waals surface area contributed by atoms with Crippen molar-refractivity contribution in [1.29, 1.82) is 0 Å². The summed E-state index contributed by atoms with van der Waals surface area (Å²) in [6.45, 7) is 6.17. The summed E-state index contributed by atoms with van der Waals surface area (Å²) in [5, 5.41) is 5.91. The third-order valence-electron chi connectivity index (χ3n) is 4.37. The highest BCUT2D eigenvalue weighted by atomic mass is 32.1. The Labute approximate surface area is 162 Å². The van der Waals surface area contributed by atoms with Crippen LogP contribution in [0.25, 0.3) is 11.3 Å². The Balaban J connectivity index is 1.98. The average Bonchev–Trinajstić information content (AvgIpc) is 3.20. The fourth-order valence-corrected chi connectivity index (χ4v) is 3.35. The largest absolute Gasteiger partial charge is 0.356 e. The van der Waals surface area contributed by atoms with Crippen LogP contribution < -0.4 is 4.90 Å². The van der Waals surface area contributed by atoms with Crippen LogP contribution >= 0.6 is 11.3 Å². The molecule has 0 atom stereocenters. The number of hydrogen-bond donors (Lipinski definition) is 0. The number of nitrogens with zero attached hydrogens (tertiary/aromatic N) is 5. The van der Waals surface area contributed by atoms with Gasteiger partial charge in [-0.15, -0.1) is 11.3 Å². The zero-order valence-corrected chi connectivity index (χ0v) is 17.2. The molecule has 0 bridgehead atoms. The maximum atomic E-state index is 12.7. The maximum Gasteiger partial charge on any atom is 0.254 e. The zero-order chi connectivity index (χ0) is 19.7. The molecule has 0 fully saturated rings. The molecule has 0 saturated heterocycles. The molecule has 0 radical (unpaired) electrons. The van der Waals surface area contributed by atoms with Crippen molar-refractivity contribution in [3.05, 3.63) is 45.0 Å². The Kier molecular flexibility index (Phi) is 5.27. The molecule has 0 unspecified atom stereocenters. The number of anilines is 1. The monoisotopic (exact) mass is 385 g/mol. The van der Waals surface area contributed by atoms with Crippen LogP contribution in [0.15, 0.2) is 22.2 Å². The summed E-state index contributed by atoms with van der Waals surface area (Å²) >= 11 is 1.56. The molecule has 0 aromatic carbocycles. The van der Waals surface area contributed by atoms with Crippen LogP contribution in [-0.4, -0.2) is 47.1 Å². The summed E-state index contributed by atoms with van der Waals surface area (Å²) in [5.74, 6) is 1.18. The highest BCUT2D eigenvalue weighted by Crippen LogP contribution is 2.29. The summed E-state index contributed by atoms with van der Waals surface area (Å²) in [7, 11) is 5.53. The van der Waals surface area contributed by atoms with Crippen molar-refractivity contribution in [2.45, 2.75) is 27.3 Å². The lowest BCUT2D eigenvalue weighted by Gasteiger charge is -2.19. The first-order chi connectivity index (χ1) is 12.8. The lowest BCUT2D eigenvalue weighted by atomic mass is 10.1. The minimum atomic E-state index is -0.0409. The summed E-state index contributed by atoms with van der Waals surface area (Å²) in [6.07, 6.45) is 1.73. The molecule has 0 aliphatic rings. The number of aromatic nitrogens is 3. The Morgan fingerprint density at radius 2 is 1.96 bits per heavy atom. The molecule has 3 heterocycles. The fraction of sp³-hybridized carbons (Fsp3) is 0.368. The predicted molar refractivity (Wildman–Crippen MR) is 106 cm³/mol. The smallest absolute Gasteiger partial charge is 0.254 e. The highest BCUT2D eigenvalue weighted by molar-refractivity contribution is 7.10. The third kappa shape index (κ3) is 3.85. The molecule has 0 spiro atoms. The summed E-state index contributed by atoms with van der Waals surface area (Å²) < 4.78 is 5.51. The number of thiophene rings is 1. The van der Waals surface area contributed by atoms with Crippen LogP contribution in [0.5, 0.6) is 0 Å². The summed E-state index contributed by atoms with van der Waals surface area (Å²) in [5.41, 5.74) is 3.93. The highest BCUT2D eigenvalue weighted by Gasteiger charge is 2.21. The Morgan fingerprint density at radius 1 is 1.22 bits per heavy atom. The molecule has 142 valence electrons. The first-order valence-electron chi connectivity index (χ1n) is 8.55. The van der Waals surface area contributed by atoms with Gasteiger partial charge in [0.15, 0.2) is 5.76 Å². The molecule has 0 saturated carbocycles. The molecule has 3 aromatic heterocycles. The van der Waals surface area contributed by atoms with E-state index in [1.807, 2.05) is 51.2 Å². The van der Waals surface area contributed by atoms with Crippen molar-refractivity contribution >= 4 is 23.2 Å². The zero-order valence-electron chi connectivity index (χ0n) is 16.4. The van der Waals surface area contributed by atoms with Gasteiger partial charge in [-0.3, -0.25) is 4.79 Å². The van der Waals surface area contributed by atoms with E-state index in [2.05, 4.69) is 15.1 Å². The minimum Gasteiger partial charge on any atom is -0.356 e. The van der Waals surface area contributed by atoms with Crippen molar-refractivity contribution in [3.63, 3.8) is 0 Å². The van der Waals surface area contributed by atoms with Gasteiger partial charge in [-0.2, -0.15) is 0 Å². The molecule has 0 aliphatic carbocycles. The van der Waals surface area contributed by atoms with Gasteiger partial charge in [0.2, 0.25) is 5.95 Å². The van der Waals surface area contributed by atoms with Gasteiger partial charge in [0, 0.05) is 43.2 Å². The van der Waals surface area contributed by atoms with Gasteiger partial charge < -0.3 is 14.3 Å². The van der Waals surface area contributed by atoms with E-state index < -0.39 is 0 Å². The Morgan fingerprint density at radius 3 is 2.52 bits per heavy atom. The number of aryl methyl sites for hydroxylation is 2. The quantitative estimate of drug-likeness (QED) is 0.670. The van der Waals surface area contributed by atoms with Gasteiger partial charge in [0.25, 0.3) is 5.91 Å². The lowest BCUT2D eigenvalue weighted by Crippen LogP contribution is -2.27. The van der Waals surface area contributed by atoms with Gasteiger partial charge >= 0.3 is 0 Å². The van der Waals surface area contributed by atoms with Gasteiger partial charge in [-0.05, 0) is 26.8 Å². The van der Waals surface area contributed by atoms with Crippen molar-refractivity contribution in [3.8, 4) is 11.3 Å². The standard InChI is InChI=1S/C19H23N5O2S/c1-11-7-14(10-27-11)18(25)24(6)9-16-15(8-20-19(21-16)23(4)5)17-12(2)13(3)22-26-17/h7-8,10H,9H2,1-6H3. The summed E-state index contributed by atoms with van der Waals surface area (Å²) in [4.78, 5) is 26.4. The number of carbonyl (C=O) groups is 1. The molecule has 8 heteroatoms. The number of amides is 1. The van der Waals surface area contributed by atoms with E-state index in [-0.39, 0.29) is 5.91 Å². The number of rotatable bonds is 5. The summed E-state index contributed by atoms with van der Waals surface area (Å²) in [6, 6.07) is 1.90. The SMILES string of the molecule is Cc1cc(C(=O)N(C)Cc2nc(N(C)C)ncc2-c2onc(C)c2C)cs1. The molecular weight excluding hydrogens is 362 g/mol.